The minimum atomic E-state index is -0.871. The molecule has 0 fully saturated rings. The number of phenols is 1. The molecule has 0 heterocycles. The molecule has 1 unspecified atom stereocenters. The summed E-state index contributed by atoms with van der Waals surface area (Å²) in [4.78, 5) is 0. The van der Waals surface area contributed by atoms with E-state index in [1.54, 1.807) is 6.92 Å². The van der Waals surface area contributed by atoms with Crippen LogP contribution in [0, 0.1) is 12.7 Å². The van der Waals surface area contributed by atoms with Gasteiger partial charge in [0.2, 0.25) is 0 Å². The number of nitrogens with two attached hydrogens (primary N) is 1. The number of hydrogen-bond donors (Lipinski definition) is 3. The lowest BCUT2D eigenvalue weighted by molar-refractivity contribution is 0.109. The molecule has 5 heteroatoms. The number of aromatic hydroxyl groups is 1. The van der Waals surface area contributed by atoms with Crippen LogP contribution in [0.2, 0.25) is 0 Å². The normalized spacial score (nSPS) is 12.5. The van der Waals surface area contributed by atoms with Gasteiger partial charge in [0, 0.05) is 6.54 Å². The van der Waals surface area contributed by atoms with Crippen molar-refractivity contribution in [2.75, 3.05) is 13.2 Å². The van der Waals surface area contributed by atoms with E-state index in [2.05, 4.69) is 0 Å². The summed E-state index contributed by atoms with van der Waals surface area (Å²) in [5, 5.41) is 18.4. The Morgan fingerprint density at radius 2 is 2.20 bits per heavy atom. The Labute approximate surface area is 87.1 Å². The number of halogens is 1. The number of benzene rings is 1. The number of phenolic OH excluding ortho intramolecular Hbond substituents is 1. The van der Waals surface area contributed by atoms with E-state index in [0.717, 1.165) is 0 Å². The molecule has 0 aliphatic heterocycles. The quantitative estimate of drug-likeness (QED) is 0.685. The van der Waals surface area contributed by atoms with Crippen LogP contribution in [0.25, 0.3) is 0 Å². The van der Waals surface area contributed by atoms with Crippen LogP contribution in [-0.4, -0.2) is 29.5 Å². The van der Waals surface area contributed by atoms with Crippen molar-refractivity contribution in [3.63, 3.8) is 0 Å². The number of hydrogen-bond acceptors (Lipinski definition) is 4. The van der Waals surface area contributed by atoms with E-state index in [0.29, 0.717) is 5.56 Å². The molecule has 0 bridgehead atoms. The molecule has 15 heavy (non-hydrogen) atoms. The van der Waals surface area contributed by atoms with Crippen LogP contribution in [0.1, 0.15) is 5.56 Å². The molecule has 1 rings (SSSR count). The van der Waals surface area contributed by atoms with E-state index < -0.39 is 11.9 Å². The summed E-state index contributed by atoms with van der Waals surface area (Å²) >= 11 is 0. The second kappa shape index (κ2) is 4.95. The molecule has 0 amide bonds. The van der Waals surface area contributed by atoms with Crippen molar-refractivity contribution >= 4 is 0 Å². The van der Waals surface area contributed by atoms with Crippen molar-refractivity contribution in [3.8, 4) is 11.5 Å². The minimum absolute atomic E-state index is 0.0220. The first-order chi connectivity index (χ1) is 7.06. The summed E-state index contributed by atoms with van der Waals surface area (Å²) in [6.07, 6.45) is -0.871. The van der Waals surface area contributed by atoms with Crippen molar-refractivity contribution in [2.24, 2.45) is 5.73 Å². The van der Waals surface area contributed by atoms with Gasteiger partial charge in [-0.1, -0.05) is 6.07 Å². The third-order valence-corrected chi connectivity index (χ3v) is 1.96. The van der Waals surface area contributed by atoms with Gasteiger partial charge in [0.25, 0.3) is 0 Å². The smallest absolute Gasteiger partial charge is 0.197 e. The SMILES string of the molecule is Cc1ccc(O)c(OCC(O)CN)c1F. The van der Waals surface area contributed by atoms with Crippen molar-refractivity contribution in [1.29, 1.82) is 0 Å². The molecular weight excluding hydrogens is 201 g/mol. The highest BCUT2D eigenvalue weighted by Crippen LogP contribution is 2.30. The third-order valence-electron chi connectivity index (χ3n) is 1.96. The van der Waals surface area contributed by atoms with Crippen molar-refractivity contribution < 1.29 is 19.3 Å². The summed E-state index contributed by atoms with van der Waals surface area (Å²) in [5.74, 6) is -1.16. The summed E-state index contributed by atoms with van der Waals surface area (Å²) in [5.41, 5.74) is 5.52. The van der Waals surface area contributed by atoms with Crippen LogP contribution in [-0.2, 0) is 0 Å². The molecule has 1 aromatic carbocycles. The first-order valence-corrected chi connectivity index (χ1v) is 4.55. The fourth-order valence-electron chi connectivity index (χ4n) is 1.03. The highest BCUT2D eigenvalue weighted by molar-refractivity contribution is 5.43. The molecule has 4 N–H and O–H groups in total. The van der Waals surface area contributed by atoms with E-state index >= 15 is 0 Å². The Balaban J connectivity index is 2.80. The first-order valence-electron chi connectivity index (χ1n) is 4.55. The summed E-state index contributed by atoms with van der Waals surface area (Å²) in [6.45, 7) is 1.43. The molecule has 0 aliphatic carbocycles. The average Bonchev–Trinajstić information content (AvgIpc) is 2.23. The van der Waals surface area contributed by atoms with Gasteiger partial charge in [-0.05, 0) is 18.6 Å². The molecule has 1 aromatic rings. The Morgan fingerprint density at radius 3 is 2.80 bits per heavy atom. The Kier molecular flexibility index (Phi) is 3.88. The maximum atomic E-state index is 13.4. The van der Waals surface area contributed by atoms with Crippen molar-refractivity contribution in [1.82, 2.24) is 0 Å². The number of aliphatic hydroxyl groups is 1. The lowest BCUT2D eigenvalue weighted by Crippen LogP contribution is -2.26. The van der Waals surface area contributed by atoms with Crippen LogP contribution < -0.4 is 10.5 Å². The van der Waals surface area contributed by atoms with Crippen LogP contribution in [0.5, 0.6) is 11.5 Å². The topological polar surface area (TPSA) is 75.7 Å². The van der Waals surface area contributed by atoms with Gasteiger partial charge in [-0.25, -0.2) is 4.39 Å². The molecule has 0 saturated carbocycles. The Bertz CT molecular complexity index is 344. The van der Waals surface area contributed by atoms with Crippen LogP contribution in [0.15, 0.2) is 12.1 Å². The Morgan fingerprint density at radius 1 is 1.53 bits per heavy atom. The molecule has 4 nitrogen and oxygen atoms in total. The van der Waals surface area contributed by atoms with Crippen LogP contribution in [0.4, 0.5) is 4.39 Å². The van der Waals surface area contributed by atoms with E-state index in [1.807, 2.05) is 0 Å². The summed E-state index contributed by atoms with van der Waals surface area (Å²) in [7, 11) is 0. The summed E-state index contributed by atoms with van der Waals surface area (Å²) in [6, 6.07) is 2.78. The standard InChI is InChI=1S/C10H14FNO3/c1-6-2-3-8(14)10(9(6)11)15-5-7(13)4-12/h2-3,7,13-14H,4-5,12H2,1H3. The third kappa shape index (κ3) is 2.81. The van der Waals surface area contributed by atoms with Gasteiger partial charge in [-0.2, -0.15) is 0 Å². The predicted octanol–water partition coefficient (Wildman–Crippen LogP) is 0.538. The zero-order valence-electron chi connectivity index (χ0n) is 8.40. The monoisotopic (exact) mass is 215 g/mol. The van der Waals surface area contributed by atoms with E-state index in [1.165, 1.54) is 12.1 Å². The first kappa shape index (κ1) is 11.7. The van der Waals surface area contributed by atoms with Gasteiger partial charge in [0.05, 0.1) is 0 Å². The largest absolute Gasteiger partial charge is 0.504 e. The molecule has 1 atom stereocenters. The van der Waals surface area contributed by atoms with E-state index in [4.69, 9.17) is 15.6 Å². The Hall–Kier alpha value is -1.33. The van der Waals surface area contributed by atoms with Gasteiger partial charge in [0.15, 0.2) is 17.3 Å². The second-order valence-corrected chi connectivity index (χ2v) is 3.25. The van der Waals surface area contributed by atoms with E-state index in [-0.39, 0.29) is 24.7 Å². The lowest BCUT2D eigenvalue weighted by Gasteiger charge is -2.12. The number of rotatable bonds is 4. The van der Waals surface area contributed by atoms with Crippen molar-refractivity contribution in [3.05, 3.63) is 23.5 Å². The fourth-order valence-corrected chi connectivity index (χ4v) is 1.03. The van der Waals surface area contributed by atoms with Gasteiger partial charge in [0.1, 0.15) is 12.7 Å². The molecule has 84 valence electrons. The average molecular weight is 215 g/mol. The van der Waals surface area contributed by atoms with Crippen molar-refractivity contribution in [2.45, 2.75) is 13.0 Å². The number of aryl methyl sites for hydroxylation is 1. The van der Waals surface area contributed by atoms with Gasteiger partial charge in [-0.3, -0.25) is 0 Å². The maximum absolute atomic E-state index is 13.4. The number of ether oxygens (including phenoxy) is 1. The highest BCUT2D eigenvalue weighted by Gasteiger charge is 2.13. The zero-order valence-corrected chi connectivity index (χ0v) is 8.40. The number of aliphatic hydroxyl groups excluding tert-OH is 1. The van der Waals surface area contributed by atoms with Crippen LogP contribution >= 0.6 is 0 Å². The van der Waals surface area contributed by atoms with E-state index in [9.17, 15) is 9.50 Å². The lowest BCUT2D eigenvalue weighted by atomic mass is 10.2. The molecule has 0 saturated heterocycles. The summed E-state index contributed by atoms with van der Waals surface area (Å²) < 4.78 is 18.4. The van der Waals surface area contributed by atoms with Gasteiger partial charge < -0.3 is 20.7 Å². The van der Waals surface area contributed by atoms with Crippen LogP contribution in [0.3, 0.4) is 0 Å². The second-order valence-electron chi connectivity index (χ2n) is 3.25. The highest BCUT2D eigenvalue weighted by atomic mass is 19.1. The molecule has 0 aliphatic rings. The maximum Gasteiger partial charge on any atom is 0.197 e. The molecule has 0 spiro atoms. The fraction of sp³-hybridized carbons (Fsp3) is 0.400. The minimum Gasteiger partial charge on any atom is -0.504 e. The predicted molar refractivity (Wildman–Crippen MR) is 53.4 cm³/mol. The van der Waals surface area contributed by atoms with Gasteiger partial charge >= 0.3 is 0 Å². The molecular formula is C10H14FNO3. The molecule has 0 aromatic heterocycles. The molecule has 0 radical (unpaired) electrons. The zero-order chi connectivity index (χ0) is 11.4. The van der Waals surface area contributed by atoms with Gasteiger partial charge in [-0.15, -0.1) is 0 Å².